The third-order valence-corrected chi connectivity index (χ3v) is 4.57. The van der Waals surface area contributed by atoms with Crippen LogP contribution in [0.2, 0.25) is 0 Å². The number of fused-ring (bicyclic) bond motifs is 1. The number of nitrogens with one attached hydrogen (secondary N) is 1. The zero-order valence-electron chi connectivity index (χ0n) is 12.4. The van der Waals surface area contributed by atoms with Crippen molar-refractivity contribution in [1.82, 2.24) is 5.32 Å². The van der Waals surface area contributed by atoms with E-state index >= 15 is 0 Å². The fourth-order valence-corrected chi connectivity index (χ4v) is 3.36. The SMILES string of the molecule is CNCC[C@H](Oc1cccc2ccsc12)c1ccccc1F. The van der Waals surface area contributed by atoms with Gasteiger partial charge in [0.15, 0.2) is 0 Å². The zero-order valence-corrected chi connectivity index (χ0v) is 13.2. The van der Waals surface area contributed by atoms with Crippen LogP contribution in [0.4, 0.5) is 4.39 Å². The number of halogens is 1. The maximum Gasteiger partial charge on any atom is 0.138 e. The average molecular weight is 315 g/mol. The second-order valence-electron chi connectivity index (χ2n) is 5.12. The molecule has 3 rings (SSSR count). The first kappa shape index (κ1) is 15.0. The largest absolute Gasteiger partial charge is 0.484 e. The van der Waals surface area contributed by atoms with Crippen molar-refractivity contribution in [2.24, 2.45) is 0 Å². The molecule has 22 heavy (non-hydrogen) atoms. The van der Waals surface area contributed by atoms with Crippen molar-refractivity contribution in [2.75, 3.05) is 13.6 Å². The minimum atomic E-state index is -0.304. The normalized spacial score (nSPS) is 12.5. The molecule has 0 radical (unpaired) electrons. The lowest BCUT2D eigenvalue weighted by atomic mass is 10.1. The van der Waals surface area contributed by atoms with Crippen LogP contribution in [0, 0.1) is 5.82 Å². The van der Waals surface area contributed by atoms with Crippen molar-refractivity contribution >= 4 is 21.4 Å². The summed E-state index contributed by atoms with van der Waals surface area (Å²) in [7, 11) is 1.89. The van der Waals surface area contributed by atoms with Crippen molar-refractivity contribution < 1.29 is 9.13 Å². The summed E-state index contributed by atoms with van der Waals surface area (Å²) in [5.74, 6) is 0.596. The van der Waals surface area contributed by atoms with E-state index in [0.717, 1.165) is 22.4 Å². The van der Waals surface area contributed by atoms with Crippen LogP contribution in [0.15, 0.2) is 53.9 Å². The lowest BCUT2D eigenvalue weighted by Gasteiger charge is -2.20. The molecule has 0 saturated carbocycles. The fraction of sp³-hybridized carbons (Fsp3) is 0.222. The van der Waals surface area contributed by atoms with Crippen molar-refractivity contribution in [3.63, 3.8) is 0 Å². The molecule has 1 heterocycles. The summed E-state index contributed by atoms with van der Waals surface area (Å²) in [6.45, 7) is 0.763. The molecule has 0 spiro atoms. The van der Waals surface area contributed by atoms with Crippen LogP contribution in [-0.2, 0) is 0 Å². The smallest absolute Gasteiger partial charge is 0.138 e. The zero-order chi connectivity index (χ0) is 15.4. The van der Waals surface area contributed by atoms with E-state index in [1.807, 2.05) is 30.6 Å². The van der Waals surface area contributed by atoms with Gasteiger partial charge in [-0.2, -0.15) is 0 Å². The Hall–Kier alpha value is -1.91. The summed E-state index contributed by atoms with van der Waals surface area (Å²) in [6.07, 6.45) is 0.403. The Morgan fingerprint density at radius 1 is 1.14 bits per heavy atom. The van der Waals surface area contributed by atoms with Crippen LogP contribution >= 0.6 is 11.3 Å². The molecule has 1 atom stereocenters. The number of rotatable bonds is 6. The molecule has 0 aliphatic heterocycles. The van der Waals surface area contributed by atoms with Crippen molar-refractivity contribution in [1.29, 1.82) is 0 Å². The Labute approximate surface area is 133 Å². The highest BCUT2D eigenvalue weighted by atomic mass is 32.1. The molecule has 1 aromatic heterocycles. The van der Waals surface area contributed by atoms with Gasteiger partial charge < -0.3 is 10.1 Å². The molecule has 0 fully saturated rings. The molecule has 0 aliphatic rings. The van der Waals surface area contributed by atoms with Crippen molar-refractivity contribution in [3.05, 3.63) is 65.3 Å². The second-order valence-corrected chi connectivity index (χ2v) is 6.03. The van der Waals surface area contributed by atoms with Gasteiger partial charge in [-0.3, -0.25) is 0 Å². The summed E-state index contributed by atoms with van der Waals surface area (Å²) in [5, 5.41) is 6.31. The third-order valence-electron chi connectivity index (χ3n) is 3.62. The van der Waals surface area contributed by atoms with Gasteiger partial charge in [-0.05, 0) is 42.6 Å². The quantitative estimate of drug-likeness (QED) is 0.707. The van der Waals surface area contributed by atoms with Crippen LogP contribution in [0.1, 0.15) is 18.1 Å². The third kappa shape index (κ3) is 3.13. The highest BCUT2D eigenvalue weighted by Crippen LogP contribution is 2.34. The van der Waals surface area contributed by atoms with Crippen LogP contribution in [0.3, 0.4) is 0 Å². The standard InChI is InChI=1S/C18H18FNOS/c1-20-11-9-16(14-6-2-3-7-15(14)19)21-17-8-4-5-13-10-12-22-18(13)17/h2-8,10,12,16,20H,9,11H2,1H3/t16-/m0/s1. The first-order valence-electron chi connectivity index (χ1n) is 7.31. The lowest BCUT2D eigenvalue weighted by Crippen LogP contribution is -2.17. The summed E-state index contributed by atoms with van der Waals surface area (Å²) in [4.78, 5) is 0. The van der Waals surface area contributed by atoms with Gasteiger partial charge in [0.1, 0.15) is 17.7 Å². The van der Waals surface area contributed by atoms with Crippen molar-refractivity contribution in [3.8, 4) is 5.75 Å². The monoisotopic (exact) mass is 315 g/mol. The fourth-order valence-electron chi connectivity index (χ4n) is 2.50. The number of thiophene rings is 1. The molecule has 3 aromatic rings. The highest BCUT2D eigenvalue weighted by molar-refractivity contribution is 7.17. The first-order valence-corrected chi connectivity index (χ1v) is 8.19. The van der Waals surface area contributed by atoms with E-state index in [2.05, 4.69) is 17.4 Å². The Kier molecular flexibility index (Phi) is 4.71. The molecule has 0 saturated heterocycles. The summed E-state index contributed by atoms with van der Waals surface area (Å²) >= 11 is 1.64. The molecule has 4 heteroatoms. The number of hydrogen-bond acceptors (Lipinski definition) is 3. The van der Waals surface area contributed by atoms with Gasteiger partial charge in [-0.1, -0.05) is 30.3 Å². The molecular formula is C18H18FNOS. The van der Waals surface area contributed by atoms with Gasteiger partial charge in [0.25, 0.3) is 0 Å². The predicted molar refractivity (Wildman–Crippen MR) is 90.1 cm³/mol. The number of benzene rings is 2. The first-order chi connectivity index (χ1) is 10.8. The summed E-state index contributed by atoms with van der Waals surface area (Å²) in [5.41, 5.74) is 0.603. The summed E-state index contributed by atoms with van der Waals surface area (Å²) in [6, 6.07) is 14.9. The maximum atomic E-state index is 14.1. The Morgan fingerprint density at radius 2 is 2.00 bits per heavy atom. The Bertz CT molecular complexity index is 755. The van der Waals surface area contributed by atoms with E-state index < -0.39 is 0 Å². The number of hydrogen-bond donors (Lipinski definition) is 1. The van der Waals surface area contributed by atoms with E-state index in [1.54, 1.807) is 23.5 Å². The van der Waals surface area contributed by atoms with E-state index in [4.69, 9.17) is 4.74 Å². The molecule has 2 aromatic carbocycles. The van der Waals surface area contributed by atoms with Gasteiger partial charge in [0.05, 0.1) is 4.70 Å². The van der Waals surface area contributed by atoms with Gasteiger partial charge in [-0.15, -0.1) is 11.3 Å². The highest BCUT2D eigenvalue weighted by Gasteiger charge is 2.18. The molecule has 0 bridgehead atoms. The van der Waals surface area contributed by atoms with Crippen molar-refractivity contribution in [2.45, 2.75) is 12.5 Å². The molecule has 114 valence electrons. The molecule has 2 nitrogen and oxygen atoms in total. The molecule has 0 amide bonds. The summed E-state index contributed by atoms with van der Waals surface area (Å²) < 4.78 is 21.4. The van der Waals surface area contributed by atoms with E-state index in [9.17, 15) is 4.39 Å². The van der Waals surface area contributed by atoms with Gasteiger partial charge in [0.2, 0.25) is 0 Å². The minimum Gasteiger partial charge on any atom is -0.484 e. The molecule has 0 aliphatic carbocycles. The van der Waals surface area contributed by atoms with Gasteiger partial charge >= 0.3 is 0 Å². The average Bonchev–Trinajstić information content (AvgIpc) is 3.01. The topological polar surface area (TPSA) is 21.3 Å². The van der Waals surface area contributed by atoms with Crippen LogP contribution < -0.4 is 10.1 Å². The maximum absolute atomic E-state index is 14.1. The van der Waals surface area contributed by atoms with Crippen LogP contribution in [-0.4, -0.2) is 13.6 Å². The van der Waals surface area contributed by atoms with E-state index in [0.29, 0.717) is 12.0 Å². The molecule has 1 N–H and O–H groups in total. The minimum absolute atomic E-state index is 0.220. The molecular weight excluding hydrogens is 297 g/mol. The molecule has 0 unspecified atom stereocenters. The van der Waals surface area contributed by atoms with Gasteiger partial charge in [0, 0.05) is 12.0 Å². The second kappa shape index (κ2) is 6.90. The van der Waals surface area contributed by atoms with Crippen LogP contribution in [0.25, 0.3) is 10.1 Å². The van der Waals surface area contributed by atoms with Crippen LogP contribution in [0.5, 0.6) is 5.75 Å². The Balaban J connectivity index is 1.93. The Morgan fingerprint density at radius 3 is 2.82 bits per heavy atom. The number of ether oxygens (including phenoxy) is 1. The van der Waals surface area contributed by atoms with E-state index in [1.165, 1.54) is 6.07 Å². The lowest BCUT2D eigenvalue weighted by molar-refractivity contribution is 0.193. The van der Waals surface area contributed by atoms with Gasteiger partial charge in [-0.25, -0.2) is 4.39 Å². The van der Waals surface area contributed by atoms with E-state index in [-0.39, 0.29) is 11.9 Å². The predicted octanol–water partition coefficient (Wildman–Crippen LogP) is 4.77.